The van der Waals surface area contributed by atoms with E-state index >= 15 is 0 Å². The van der Waals surface area contributed by atoms with Gasteiger partial charge >= 0.3 is 0 Å². The minimum Gasteiger partial charge on any atom is -0.310 e. The van der Waals surface area contributed by atoms with Crippen LogP contribution in [-0.4, -0.2) is 6.54 Å². The second-order valence-corrected chi connectivity index (χ2v) is 6.75. The van der Waals surface area contributed by atoms with Crippen molar-refractivity contribution in [3.8, 4) is 0 Å². The van der Waals surface area contributed by atoms with Crippen LogP contribution in [0.5, 0.6) is 0 Å². The molecule has 0 aliphatic carbocycles. The zero-order valence-electron chi connectivity index (χ0n) is 15.2. The van der Waals surface area contributed by atoms with Crippen LogP contribution < -0.4 is 5.32 Å². The normalized spacial score (nSPS) is 12.3. The first-order valence-electron chi connectivity index (χ1n) is 9.14. The highest BCUT2D eigenvalue weighted by Crippen LogP contribution is 2.27. The van der Waals surface area contributed by atoms with Gasteiger partial charge in [0.05, 0.1) is 0 Å². The molecule has 0 spiro atoms. The fraction of sp³-hybridized carbons (Fsp3) is 0.250. The van der Waals surface area contributed by atoms with Crippen molar-refractivity contribution < 1.29 is 0 Å². The second kappa shape index (κ2) is 8.64. The van der Waals surface area contributed by atoms with Crippen LogP contribution in [0.2, 0.25) is 0 Å². The third-order valence-corrected chi connectivity index (χ3v) is 4.86. The smallest absolute Gasteiger partial charge is 0.0291 e. The Morgan fingerprint density at radius 3 is 1.72 bits per heavy atom. The van der Waals surface area contributed by atoms with Crippen LogP contribution in [-0.2, 0) is 0 Å². The lowest BCUT2D eigenvalue weighted by Crippen LogP contribution is -2.21. The van der Waals surface area contributed by atoms with Crippen molar-refractivity contribution in [2.24, 2.45) is 0 Å². The Hall–Kier alpha value is -2.38. The van der Waals surface area contributed by atoms with Gasteiger partial charge in [-0.25, -0.2) is 0 Å². The summed E-state index contributed by atoms with van der Waals surface area (Å²) < 4.78 is 0. The lowest BCUT2D eigenvalue weighted by Gasteiger charge is -2.20. The van der Waals surface area contributed by atoms with E-state index in [9.17, 15) is 0 Å². The molecule has 1 heteroatoms. The standard InChI is InChI=1S/C24H27N/c1-19-13-15-21(16-14-19)20(2)25-18-17-24(22-9-5-3-6-10-22)23-11-7-4-8-12-23/h3-16,20,24-25H,17-18H2,1-2H3. The lowest BCUT2D eigenvalue weighted by atomic mass is 9.88. The first-order chi connectivity index (χ1) is 12.2. The Morgan fingerprint density at radius 1 is 0.680 bits per heavy atom. The molecule has 1 unspecified atom stereocenters. The van der Waals surface area contributed by atoms with Crippen molar-refractivity contribution in [1.82, 2.24) is 5.32 Å². The molecule has 0 amide bonds. The molecule has 128 valence electrons. The second-order valence-electron chi connectivity index (χ2n) is 6.75. The monoisotopic (exact) mass is 329 g/mol. The van der Waals surface area contributed by atoms with E-state index in [0.717, 1.165) is 13.0 Å². The van der Waals surface area contributed by atoms with Gasteiger partial charge in [-0.15, -0.1) is 0 Å². The molecule has 1 atom stereocenters. The molecule has 0 aliphatic heterocycles. The zero-order chi connectivity index (χ0) is 17.5. The number of nitrogens with one attached hydrogen (secondary N) is 1. The number of rotatable bonds is 7. The van der Waals surface area contributed by atoms with Crippen LogP contribution in [0.4, 0.5) is 0 Å². The Balaban J connectivity index is 1.66. The summed E-state index contributed by atoms with van der Waals surface area (Å²) >= 11 is 0. The molecule has 0 saturated carbocycles. The Bertz CT molecular complexity index is 708. The molecule has 3 rings (SSSR count). The van der Waals surface area contributed by atoms with Crippen LogP contribution in [0.3, 0.4) is 0 Å². The van der Waals surface area contributed by atoms with Crippen LogP contribution in [0.25, 0.3) is 0 Å². The van der Waals surface area contributed by atoms with Crippen LogP contribution >= 0.6 is 0 Å². The maximum atomic E-state index is 3.69. The zero-order valence-corrected chi connectivity index (χ0v) is 15.2. The average molecular weight is 329 g/mol. The predicted molar refractivity (Wildman–Crippen MR) is 107 cm³/mol. The van der Waals surface area contributed by atoms with Gasteiger partial charge < -0.3 is 5.32 Å². The third kappa shape index (κ3) is 4.80. The molecule has 0 aromatic heterocycles. The quantitative estimate of drug-likeness (QED) is 0.572. The summed E-state index contributed by atoms with van der Waals surface area (Å²) in [4.78, 5) is 0. The van der Waals surface area contributed by atoms with Crippen molar-refractivity contribution in [3.05, 3.63) is 107 Å². The van der Waals surface area contributed by atoms with Crippen molar-refractivity contribution in [2.45, 2.75) is 32.2 Å². The minimum atomic E-state index is 0.368. The summed E-state index contributed by atoms with van der Waals surface area (Å²) in [7, 11) is 0. The molecule has 3 aromatic rings. The van der Waals surface area contributed by atoms with Crippen molar-refractivity contribution in [1.29, 1.82) is 0 Å². The average Bonchev–Trinajstić information content (AvgIpc) is 2.67. The van der Waals surface area contributed by atoms with Gasteiger partial charge in [-0.05, 0) is 43.5 Å². The molecular weight excluding hydrogens is 302 g/mol. The molecule has 1 nitrogen and oxygen atoms in total. The van der Waals surface area contributed by atoms with Gasteiger partial charge in [0.2, 0.25) is 0 Å². The molecule has 0 heterocycles. The van der Waals surface area contributed by atoms with Gasteiger partial charge in [-0.3, -0.25) is 0 Å². The molecular formula is C24H27N. The molecule has 0 radical (unpaired) electrons. The first kappa shape index (κ1) is 17.4. The SMILES string of the molecule is Cc1ccc(C(C)NCCC(c2ccccc2)c2ccccc2)cc1. The summed E-state index contributed by atoms with van der Waals surface area (Å²) in [5.74, 6) is 0.431. The summed E-state index contributed by atoms with van der Waals surface area (Å²) in [5.41, 5.74) is 5.43. The van der Waals surface area contributed by atoms with E-state index in [-0.39, 0.29) is 0 Å². The summed E-state index contributed by atoms with van der Waals surface area (Å²) in [6.45, 7) is 5.36. The maximum absolute atomic E-state index is 3.69. The molecule has 0 saturated heterocycles. The minimum absolute atomic E-state index is 0.368. The van der Waals surface area contributed by atoms with E-state index in [1.807, 2.05) is 0 Å². The molecule has 0 fully saturated rings. The van der Waals surface area contributed by atoms with E-state index in [4.69, 9.17) is 0 Å². The van der Waals surface area contributed by atoms with Gasteiger partial charge in [-0.2, -0.15) is 0 Å². The van der Waals surface area contributed by atoms with Gasteiger partial charge in [-0.1, -0.05) is 90.5 Å². The van der Waals surface area contributed by atoms with Gasteiger partial charge in [0, 0.05) is 12.0 Å². The highest BCUT2D eigenvalue weighted by atomic mass is 14.9. The molecule has 3 aromatic carbocycles. The highest BCUT2D eigenvalue weighted by molar-refractivity contribution is 5.32. The number of hydrogen-bond donors (Lipinski definition) is 1. The topological polar surface area (TPSA) is 12.0 Å². The van der Waals surface area contributed by atoms with Crippen LogP contribution in [0.1, 0.15) is 47.6 Å². The van der Waals surface area contributed by atoms with Gasteiger partial charge in [0.15, 0.2) is 0 Å². The predicted octanol–water partition coefficient (Wildman–Crippen LogP) is 5.87. The lowest BCUT2D eigenvalue weighted by molar-refractivity contribution is 0.540. The Kier molecular flexibility index (Phi) is 6.03. The number of aryl methyl sites for hydroxylation is 1. The van der Waals surface area contributed by atoms with E-state index < -0.39 is 0 Å². The van der Waals surface area contributed by atoms with Crippen molar-refractivity contribution >= 4 is 0 Å². The first-order valence-corrected chi connectivity index (χ1v) is 9.14. The maximum Gasteiger partial charge on any atom is 0.0291 e. The van der Waals surface area contributed by atoms with Crippen LogP contribution in [0.15, 0.2) is 84.9 Å². The highest BCUT2D eigenvalue weighted by Gasteiger charge is 2.14. The van der Waals surface area contributed by atoms with E-state index in [1.165, 1.54) is 22.3 Å². The van der Waals surface area contributed by atoms with Gasteiger partial charge in [0.25, 0.3) is 0 Å². The largest absolute Gasteiger partial charge is 0.310 e. The molecule has 0 aliphatic rings. The van der Waals surface area contributed by atoms with E-state index in [2.05, 4.69) is 104 Å². The summed E-state index contributed by atoms with van der Waals surface area (Å²) in [5, 5.41) is 3.69. The summed E-state index contributed by atoms with van der Waals surface area (Å²) in [6.07, 6.45) is 1.09. The van der Waals surface area contributed by atoms with Crippen molar-refractivity contribution in [3.63, 3.8) is 0 Å². The fourth-order valence-electron chi connectivity index (χ4n) is 3.31. The number of benzene rings is 3. The van der Waals surface area contributed by atoms with E-state index in [0.29, 0.717) is 12.0 Å². The molecule has 0 bridgehead atoms. The molecule has 25 heavy (non-hydrogen) atoms. The Morgan fingerprint density at radius 2 is 1.20 bits per heavy atom. The van der Waals surface area contributed by atoms with E-state index in [1.54, 1.807) is 0 Å². The Labute approximate surface area is 151 Å². The summed E-state index contributed by atoms with van der Waals surface area (Å²) in [6, 6.07) is 30.8. The number of hydrogen-bond acceptors (Lipinski definition) is 1. The molecule has 1 N–H and O–H groups in total. The van der Waals surface area contributed by atoms with Crippen molar-refractivity contribution in [2.75, 3.05) is 6.54 Å². The third-order valence-electron chi connectivity index (χ3n) is 4.86. The fourth-order valence-corrected chi connectivity index (χ4v) is 3.31. The van der Waals surface area contributed by atoms with Gasteiger partial charge in [0.1, 0.15) is 0 Å². The van der Waals surface area contributed by atoms with Crippen LogP contribution in [0, 0.1) is 6.92 Å².